The second-order valence-electron chi connectivity index (χ2n) is 3.26. The van der Waals surface area contributed by atoms with Gasteiger partial charge in [0.15, 0.2) is 0 Å². The molecular formula is C11H13ClFNO2. The maximum absolute atomic E-state index is 13.3. The Labute approximate surface area is 98.5 Å². The Morgan fingerprint density at radius 2 is 2.31 bits per heavy atom. The summed E-state index contributed by atoms with van der Waals surface area (Å²) in [5, 5.41) is 2.93. The minimum Gasteiger partial charge on any atom is -0.384 e. The van der Waals surface area contributed by atoms with Crippen molar-refractivity contribution in [3.05, 3.63) is 34.6 Å². The quantitative estimate of drug-likeness (QED) is 0.863. The summed E-state index contributed by atoms with van der Waals surface area (Å²) in [6.45, 7) is 0.514. The van der Waals surface area contributed by atoms with E-state index in [1.165, 1.54) is 13.2 Å². The van der Waals surface area contributed by atoms with Gasteiger partial charge >= 0.3 is 0 Å². The van der Waals surface area contributed by atoms with Crippen LogP contribution in [0.2, 0.25) is 5.02 Å². The lowest BCUT2D eigenvalue weighted by molar-refractivity contribution is -0.122. The average molecular weight is 246 g/mol. The predicted octanol–water partition coefficient (Wildman–Crippen LogP) is 2.13. The zero-order chi connectivity index (χ0) is 12.0. The van der Waals surface area contributed by atoms with Crippen molar-refractivity contribution < 1.29 is 13.9 Å². The van der Waals surface area contributed by atoms with Crippen LogP contribution < -0.4 is 5.32 Å². The van der Waals surface area contributed by atoms with Crippen molar-refractivity contribution in [2.24, 2.45) is 0 Å². The maximum Gasteiger partial charge on any atom is 0.222 e. The molecule has 1 rings (SSSR count). The number of hydrogen-bond acceptors (Lipinski definition) is 2. The molecule has 0 spiro atoms. The number of hydrogen-bond donors (Lipinski definition) is 1. The van der Waals surface area contributed by atoms with Crippen molar-refractivity contribution in [2.75, 3.05) is 13.7 Å². The maximum atomic E-state index is 13.3. The number of methoxy groups -OCH3 is 1. The van der Waals surface area contributed by atoms with E-state index in [1.807, 2.05) is 0 Å². The number of rotatable bonds is 5. The molecule has 1 aromatic carbocycles. The average Bonchev–Trinajstić information content (AvgIpc) is 2.25. The normalized spacial score (nSPS) is 10.2. The molecule has 0 aromatic heterocycles. The Balaban J connectivity index is 2.45. The summed E-state index contributed by atoms with van der Waals surface area (Å²) in [6.07, 6.45) is 0.270. The Morgan fingerprint density at radius 1 is 1.56 bits per heavy atom. The molecule has 0 fully saturated rings. The van der Waals surface area contributed by atoms with Gasteiger partial charge in [-0.05, 0) is 12.1 Å². The van der Waals surface area contributed by atoms with Gasteiger partial charge in [-0.25, -0.2) is 4.39 Å². The predicted molar refractivity (Wildman–Crippen MR) is 59.7 cm³/mol. The van der Waals surface area contributed by atoms with Crippen molar-refractivity contribution in [3.8, 4) is 0 Å². The van der Waals surface area contributed by atoms with Crippen molar-refractivity contribution >= 4 is 17.5 Å². The van der Waals surface area contributed by atoms with Gasteiger partial charge in [0.1, 0.15) is 5.82 Å². The highest BCUT2D eigenvalue weighted by Crippen LogP contribution is 2.14. The largest absolute Gasteiger partial charge is 0.384 e. The van der Waals surface area contributed by atoms with Gasteiger partial charge in [0.05, 0.1) is 6.61 Å². The van der Waals surface area contributed by atoms with E-state index in [1.54, 1.807) is 12.1 Å². The lowest BCUT2D eigenvalue weighted by atomic mass is 10.2. The first kappa shape index (κ1) is 12.9. The van der Waals surface area contributed by atoms with E-state index in [4.69, 9.17) is 16.3 Å². The van der Waals surface area contributed by atoms with E-state index in [0.717, 1.165) is 0 Å². The van der Waals surface area contributed by atoms with Crippen LogP contribution >= 0.6 is 11.6 Å². The van der Waals surface area contributed by atoms with Gasteiger partial charge in [0.25, 0.3) is 0 Å². The van der Waals surface area contributed by atoms with Crippen molar-refractivity contribution in [1.29, 1.82) is 0 Å². The molecule has 16 heavy (non-hydrogen) atoms. The summed E-state index contributed by atoms with van der Waals surface area (Å²) in [5.41, 5.74) is 0.412. The molecule has 0 atom stereocenters. The summed E-state index contributed by atoms with van der Waals surface area (Å²) in [4.78, 5) is 11.2. The Morgan fingerprint density at radius 3 is 2.94 bits per heavy atom. The molecule has 0 saturated carbocycles. The summed E-state index contributed by atoms with van der Waals surface area (Å²) in [5.74, 6) is -0.587. The molecule has 0 bridgehead atoms. The fraction of sp³-hybridized carbons (Fsp3) is 0.364. The Hall–Kier alpha value is -1.13. The van der Waals surface area contributed by atoms with E-state index < -0.39 is 5.82 Å². The van der Waals surface area contributed by atoms with E-state index in [9.17, 15) is 9.18 Å². The van der Waals surface area contributed by atoms with Crippen LogP contribution in [0.15, 0.2) is 18.2 Å². The van der Waals surface area contributed by atoms with Crippen LogP contribution in [0.25, 0.3) is 0 Å². The summed E-state index contributed by atoms with van der Waals surface area (Å²) < 4.78 is 18.0. The third kappa shape index (κ3) is 4.16. The van der Waals surface area contributed by atoms with Crippen LogP contribution in [-0.2, 0) is 16.1 Å². The molecule has 88 valence electrons. The van der Waals surface area contributed by atoms with Gasteiger partial charge in [-0.3, -0.25) is 4.79 Å². The third-order valence-corrected chi connectivity index (χ3v) is 2.26. The highest BCUT2D eigenvalue weighted by atomic mass is 35.5. The number of nitrogens with one attached hydrogen (secondary N) is 1. The molecule has 0 unspecified atom stereocenters. The van der Waals surface area contributed by atoms with Crippen LogP contribution in [0.1, 0.15) is 12.0 Å². The van der Waals surface area contributed by atoms with Crippen LogP contribution in [-0.4, -0.2) is 19.6 Å². The number of ether oxygens (including phenoxy) is 1. The molecule has 0 aliphatic heterocycles. The molecule has 0 aliphatic carbocycles. The summed E-state index contributed by atoms with van der Waals surface area (Å²) >= 11 is 5.60. The highest BCUT2D eigenvalue weighted by molar-refractivity contribution is 6.30. The second kappa shape index (κ2) is 6.45. The van der Waals surface area contributed by atoms with Crippen LogP contribution in [0.4, 0.5) is 4.39 Å². The highest BCUT2D eigenvalue weighted by Gasteiger charge is 2.05. The molecule has 1 N–H and O–H groups in total. The molecular weight excluding hydrogens is 233 g/mol. The zero-order valence-corrected chi connectivity index (χ0v) is 9.68. The molecule has 0 aliphatic rings. The summed E-state index contributed by atoms with van der Waals surface area (Å²) in [6, 6.07) is 4.35. The Bertz CT molecular complexity index is 371. The number of carbonyl (C=O) groups is 1. The number of carbonyl (C=O) groups excluding carboxylic acids is 1. The fourth-order valence-corrected chi connectivity index (χ4v) is 1.30. The van der Waals surface area contributed by atoms with E-state index in [-0.39, 0.29) is 18.9 Å². The summed E-state index contributed by atoms with van der Waals surface area (Å²) in [7, 11) is 1.52. The standard InChI is InChI=1S/C11H13ClFNO2/c1-16-5-4-11(15)14-7-8-2-3-9(12)6-10(8)13/h2-3,6H,4-5,7H2,1H3,(H,14,15). The monoisotopic (exact) mass is 245 g/mol. The van der Waals surface area contributed by atoms with E-state index in [2.05, 4.69) is 5.32 Å². The molecule has 3 nitrogen and oxygen atoms in total. The zero-order valence-electron chi connectivity index (χ0n) is 8.93. The lowest BCUT2D eigenvalue weighted by Crippen LogP contribution is -2.24. The van der Waals surface area contributed by atoms with Crippen LogP contribution in [0, 0.1) is 5.82 Å². The van der Waals surface area contributed by atoms with Gasteiger partial charge in [-0.1, -0.05) is 17.7 Å². The Kier molecular flexibility index (Phi) is 5.22. The molecule has 0 heterocycles. The van der Waals surface area contributed by atoms with Crippen molar-refractivity contribution in [3.63, 3.8) is 0 Å². The van der Waals surface area contributed by atoms with Crippen molar-refractivity contribution in [1.82, 2.24) is 5.32 Å². The fourth-order valence-electron chi connectivity index (χ4n) is 1.14. The smallest absolute Gasteiger partial charge is 0.222 e. The number of halogens is 2. The first-order valence-corrected chi connectivity index (χ1v) is 5.21. The minimum atomic E-state index is -0.417. The van der Waals surface area contributed by atoms with Gasteiger partial charge in [0.2, 0.25) is 5.91 Å². The molecule has 1 aromatic rings. The SMILES string of the molecule is COCCC(=O)NCc1ccc(Cl)cc1F. The molecule has 0 radical (unpaired) electrons. The minimum absolute atomic E-state index is 0.158. The van der Waals surface area contributed by atoms with Crippen LogP contribution in [0.3, 0.4) is 0 Å². The van der Waals surface area contributed by atoms with Gasteiger partial charge in [-0.2, -0.15) is 0 Å². The van der Waals surface area contributed by atoms with E-state index in [0.29, 0.717) is 17.2 Å². The number of benzene rings is 1. The third-order valence-electron chi connectivity index (χ3n) is 2.02. The van der Waals surface area contributed by atoms with Crippen LogP contribution in [0.5, 0.6) is 0 Å². The topological polar surface area (TPSA) is 38.3 Å². The van der Waals surface area contributed by atoms with Gasteiger partial charge < -0.3 is 10.1 Å². The molecule has 0 saturated heterocycles. The van der Waals surface area contributed by atoms with E-state index >= 15 is 0 Å². The molecule has 1 amide bonds. The first-order chi connectivity index (χ1) is 7.63. The number of amides is 1. The van der Waals surface area contributed by atoms with Gasteiger partial charge in [0, 0.05) is 30.7 Å². The van der Waals surface area contributed by atoms with Gasteiger partial charge in [-0.15, -0.1) is 0 Å². The second-order valence-corrected chi connectivity index (χ2v) is 3.69. The van der Waals surface area contributed by atoms with Crippen molar-refractivity contribution in [2.45, 2.75) is 13.0 Å². The molecule has 5 heteroatoms. The lowest BCUT2D eigenvalue weighted by Gasteiger charge is -2.06. The first-order valence-electron chi connectivity index (χ1n) is 4.83.